The molecule has 0 aliphatic carbocycles. The fraction of sp³-hybridized carbons (Fsp3) is 0.143. The number of aromatic nitrogens is 1. The maximum Gasteiger partial charge on any atom is 0.340 e. The Bertz CT molecular complexity index is 618. The molecule has 0 unspecified atom stereocenters. The van der Waals surface area contributed by atoms with Crippen molar-refractivity contribution < 1.29 is 18.3 Å². The van der Waals surface area contributed by atoms with Crippen LogP contribution in [0, 0.1) is 11.6 Å². The number of anilines is 1. The van der Waals surface area contributed by atoms with E-state index in [4.69, 9.17) is 10.5 Å². The monoisotopic (exact) mass is 278 g/mol. The highest BCUT2D eigenvalue weighted by molar-refractivity contribution is 5.95. The van der Waals surface area contributed by atoms with E-state index in [0.29, 0.717) is 6.42 Å². The minimum absolute atomic E-state index is 0.0777. The molecule has 104 valence electrons. The third-order valence-corrected chi connectivity index (χ3v) is 2.63. The second-order valence-electron chi connectivity index (χ2n) is 4.06. The molecule has 4 nitrogen and oxygen atoms in total. The number of ether oxygens (including phenoxy) is 1. The Kier molecular flexibility index (Phi) is 4.24. The van der Waals surface area contributed by atoms with E-state index in [1.807, 2.05) is 6.07 Å². The van der Waals surface area contributed by atoms with Crippen LogP contribution in [0.15, 0.2) is 36.5 Å². The molecule has 1 aromatic carbocycles. The van der Waals surface area contributed by atoms with Gasteiger partial charge in [0.25, 0.3) is 0 Å². The van der Waals surface area contributed by atoms with E-state index >= 15 is 0 Å². The van der Waals surface area contributed by atoms with Crippen molar-refractivity contribution in [2.45, 2.75) is 6.42 Å². The van der Waals surface area contributed by atoms with Crippen LogP contribution in [0.25, 0.3) is 0 Å². The molecule has 1 heterocycles. The summed E-state index contributed by atoms with van der Waals surface area (Å²) in [7, 11) is 0. The maximum absolute atomic E-state index is 13.1. The standard InChI is InChI=1S/C14H12F2N2O2/c15-11-7-10(13(17)8-12(11)16)14(19)20-6-4-9-3-1-2-5-18-9/h1-3,5,7-8H,4,6,17H2. The van der Waals surface area contributed by atoms with Crippen LogP contribution in [0.2, 0.25) is 0 Å². The van der Waals surface area contributed by atoms with Gasteiger partial charge in [0.1, 0.15) is 0 Å². The SMILES string of the molecule is Nc1cc(F)c(F)cc1C(=O)OCCc1ccccn1. The number of esters is 1. The highest BCUT2D eigenvalue weighted by Gasteiger charge is 2.15. The predicted molar refractivity (Wildman–Crippen MR) is 69.0 cm³/mol. The van der Waals surface area contributed by atoms with Crippen LogP contribution in [0.4, 0.5) is 14.5 Å². The molecule has 0 atom stereocenters. The zero-order valence-corrected chi connectivity index (χ0v) is 10.5. The lowest BCUT2D eigenvalue weighted by atomic mass is 10.1. The summed E-state index contributed by atoms with van der Waals surface area (Å²) in [4.78, 5) is 15.8. The second-order valence-corrected chi connectivity index (χ2v) is 4.06. The Morgan fingerprint density at radius 3 is 2.70 bits per heavy atom. The molecular formula is C14H12F2N2O2. The van der Waals surface area contributed by atoms with Crippen molar-refractivity contribution in [1.29, 1.82) is 0 Å². The van der Waals surface area contributed by atoms with Gasteiger partial charge in [0, 0.05) is 30.1 Å². The van der Waals surface area contributed by atoms with E-state index in [2.05, 4.69) is 4.98 Å². The van der Waals surface area contributed by atoms with Gasteiger partial charge in [-0.25, -0.2) is 13.6 Å². The summed E-state index contributed by atoms with van der Waals surface area (Å²) < 4.78 is 30.9. The lowest BCUT2D eigenvalue weighted by Gasteiger charge is -2.07. The average molecular weight is 278 g/mol. The first-order chi connectivity index (χ1) is 9.58. The normalized spacial score (nSPS) is 10.3. The van der Waals surface area contributed by atoms with E-state index in [-0.39, 0.29) is 17.9 Å². The van der Waals surface area contributed by atoms with Gasteiger partial charge in [0.05, 0.1) is 12.2 Å². The highest BCUT2D eigenvalue weighted by atomic mass is 19.2. The van der Waals surface area contributed by atoms with E-state index in [9.17, 15) is 13.6 Å². The van der Waals surface area contributed by atoms with Crippen LogP contribution in [-0.2, 0) is 11.2 Å². The molecule has 0 aliphatic rings. The molecule has 0 amide bonds. The van der Waals surface area contributed by atoms with Crippen molar-refractivity contribution in [1.82, 2.24) is 4.98 Å². The number of nitrogens with two attached hydrogens (primary N) is 1. The number of carbonyl (C=O) groups excluding carboxylic acids is 1. The second kappa shape index (κ2) is 6.10. The number of hydrogen-bond donors (Lipinski definition) is 1. The molecule has 0 fully saturated rings. The molecule has 0 saturated carbocycles. The molecule has 0 radical (unpaired) electrons. The number of benzene rings is 1. The summed E-state index contributed by atoms with van der Waals surface area (Å²) in [6.45, 7) is 0.0777. The first kappa shape index (κ1) is 13.9. The van der Waals surface area contributed by atoms with Gasteiger partial charge in [-0.2, -0.15) is 0 Å². The van der Waals surface area contributed by atoms with Crippen LogP contribution >= 0.6 is 0 Å². The van der Waals surface area contributed by atoms with Crippen molar-refractivity contribution in [2.75, 3.05) is 12.3 Å². The van der Waals surface area contributed by atoms with E-state index < -0.39 is 17.6 Å². The summed E-state index contributed by atoms with van der Waals surface area (Å²) in [6, 6.07) is 6.87. The number of hydrogen-bond acceptors (Lipinski definition) is 4. The Morgan fingerprint density at radius 1 is 1.25 bits per heavy atom. The first-order valence-electron chi connectivity index (χ1n) is 5.89. The zero-order valence-electron chi connectivity index (χ0n) is 10.5. The molecule has 2 N–H and O–H groups in total. The van der Waals surface area contributed by atoms with E-state index in [0.717, 1.165) is 17.8 Å². The largest absolute Gasteiger partial charge is 0.462 e. The van der Waals surface area contributed by atoms with Crippen molar-refractivity contribution in [2.24, 2.45) is 0 Å². The van der Waals surface area contributed by atoms with Gasteiger partial charge >= 0.3 is 5.97 Å². The van der Waals surface area contributed by atoms with Crippen LogP contribution in [0.3, 0.4) is 0 Å². The topological polar surface area (TPSA) is 65.2 Å². The van der Waals surface area contributed by atoms with Crippen molar-refractivity contribution in [3.63, 3.8) is 0 Å². The van der Waals surface area contributed by atoms with Gasteiger partial charge < -0.3 is 10.5 Å². The number of halogens is 2. The Morgan fingerprint density at radius 2 is 2.00 bits per heavy atom. The molecule has 20 heavy (non-hydrogen) atoms. The van der Waals surface area contributed by atoms with Gasteiger partial charge in [-0.05, 0) is 18.2 Å². The molecular weight excluding hydrogens is 266 g/mol. The third kappa shape index (κ3) is 3.28. The molecule has 6 heteroatoms. The molecule has 0 aliphatic heterocycles. The van der Waals surface area contributed by atoms with E-state index in [1.54, 1.807) is 18.3 Å². The van der Waals surface area contributed by atoms with Crippen LogP contribution in [0.1, 0.15) is 16.1 Å². The van der Waals surface area contributed by atoms with E-state index in [1.165, 1.54) is 0 Å². The molecule has 1 aromatic heterocycles. The lowest BCUT2D eigenvalue weighted by molar-refractivity contribution is 0.0509. The minimum atomic E-state index is -1.14. The molecule has 2 aromatic rings. The quantitative estimate of drug-likeness (QED) is 0.688. The van der Waals surface area contributed by atoms with Gasteiger partial charge in [0.15, 0.2) is 11.6 Å². The van der Waals surface area contributed by atoms with Crippen molar-refractivity contribution in [3.8, 4) is 0 Å². The van der Waals surface area contributed by atoms with Crippen LogP contribution in [-0.4, -0.2) is 17.6 Å². The fourth-order valence-corrected chi connectivity index (χ4v) is 1.61. The Hall–Kier alpha value is -2.50. The van der Waals surface area contributed by atoms with Gasteiger partial charge in [-0.3, -0.25) is 4.98 Å². The molecule has 0 saturated heterocycles. The number of pyridine rings is 1. The first-order valence-corrected chi connectivity index (χ1v) is 5.89. The number of rotatable bonds is 4. The average Bonchev–Trinajstić information content (AvgIpc) is 2.44. The summed E-state index contributed by atoms with van der Waals surface area (Å²) in [5, 5.41) is 0. The molecule has 0 spiro atoms. The fourth-order valence-electron chi connectivity index (χ4n) is 1.61. The van der Waals surface area contributed by atoms with Gasteiger partial charge in [-0.15, -0.1) is 0 Å². The van der Waals surface area contributed by atoms with Crippen molar-refractivity contribution >= 4 is 11.7 Å². The number of carbonyl (C=O) groups is 1. The van der Waals surface area contributed by atoms with Crippen LogP contribution < -0.4 is 5.73 Å². The third-order valence-electron chi connectivity index (χ3n) is 2.63. The Labute approximate surface area is 114 Å². The number of nitrogen functional groups attached to an aromatic ring is 1. The summed E-state index contributed by atoms with van der Waals surface area (Å²) in [6.07, 6.45) is 2.06. The maximum atomic E-state index is 13.1. The zero-order chi connectivity index (χ0) is 14.5. The minimum Gasteiger partial charge on any atom is -0.462 e. The summed E-state index contributed by atoms with van der Waals surface area (Å²) >= 11 is 0. The number of nitrogens with zero attached hydrogens (tertiary/aromatic N) is 1. The predicted octanol–water partition coefficient (Wildman–Crippen LogP) is 2.34. The summed E-state index contributed by atoms with van der Waals surface area (Å²) in [5.74, 6) is -3.04. The smallest absolute Gasteiger partial charge is 0.340 e. The van der Waals surface area contributed by atoms with Gasteiger partial charge in [0.2, 0.25) is 0 Å². The lowest BCUT2D eigenvalue weighted by Crippen LogP contribution is -2.12. The van der Waals surface area contributed by atoms with Gasteiger partial charge in [-0.1, -0.05) is 6.07 Å². The Balaban J connectivity index is 1.97. The van der Waals surface area contributed by atoms with Crippen LogP contribution in [0.5, 0.6) is 0 Å². The summed E-state index contributed by atoms with van der Waals surface area (Å²) in [5.41, 5.74) is 5.87. The van der Waals surface area contributed by atoms with Crippen molar-refractivity contribution in [3.05, 3.63) is 59.4 Å². The highest BCUT2D eigenvalue weighted by Crippen LogP contribution is 2.18. The molecule has 0 bridgehead atoms. The molecule has 2 rings (SSSR count).